The molecule has 0 saturated heterocycles. The number of alkyl halides is 4. The van der Waals surface area contributed by atoms with E-state index in [2.05, 4.69) is 9.72 Å². The van der Waals surface area contributed by atoms with Gasteiger partial charge in [-0.05, 0) is 22.6 Å². The lowest BCUT2D eigenvalue weighted by Crippen LogP contribution is -2.18. The molecule has 0 aromatic carbocycles. The molecule has 0 aliphatic carbocycles. The SMILES string of the molecule is Oc1c(I)cc(OC(F)(F)F)nc1CCl. The summed E-state index contributed by atoms with van der Waals surface area (Å²) in [5, 5.41) is 9.33. The maximum absolute atomic E-state index is 11.8. The molecule has 84 valence electrons. The van der Waals surface area contributed by atoms with Crippen LogP contribution in [0.3, 0.4) is 0 Å². The maximum atomic E-state index is 11.8. The van der Waals surface area contributed by atoms with Crippen LogP contribution < -0.4 is 4.74 Å². The first-order chi connectivity index (χ1) is 6.83. The lowest BCUT2D eigenvalue weighted by Gasteiger charge is -2.10. The summed E-state index contributed by atoms with van der Waals surface area (Å²) in [6.45, 7) is 0. The van der Waals surface area contributed by atoms with E-state index in [1.54, 1.807) is 22.6 Å². The van der Waals surface area contributed by atoms with Crippen LogP contribution in [0, 0.1) is 3.57 Å². The number of pyridine rings is 1. The lowest BCUT2D eigenvalue weighted by molar-refractivity contribution is -0.276. The summed E-state index contributed by atoms with van der Waals surface area (Å²) in [6.07, 6.45) is -4.81. The van der Waals surface area contributed by atoms with Crippen LogP contribution in [-0.4, -0.2) is 16.5 Å². The summed E-state index contributed by atoms with van der Waals surface area (Å²) in [6, 6.07) is 0.972. The quantitative estimate of drug-likeness (QED) is 0.656. The van der Waals surface area contributed by atoms with Crippen LogP contribution in [0.15, 0.2) is 6.07 Å². The Labute approximate surface area is 101 Å². The Bertz CT molecular complexity index is 372. The van der Waals surface area contributed by atoms with Crippen LogP contribution in [0.25, 0.3) is 0 Å². The van der Waals surface area contributed by atoms with Gasteiger partial charge in [0, 0.05) is 6.07 Å². The Morgan fingerprint density at radius 1 is 1.53 bits per heavy atom. The Balaban J connectivity index is 3.06. The lowest BCUT2D eigenvalue weighted by atomic mass is 10.3. The first-order valence-corrected chi connectivity index (χ1v) is 5.15. The standard InChI is InChI=1S/C7H4ClF3INO2/c8-2-4-6(14)3(12)1-5(13-4)15-7(9,10)11/h1,14H,2H2. The van der Waals surface area contributed by atoms with Crippen molar-refractivity contribution < 1.29 is 23.0 Å². The Hall–Kier alpha value is -0.440. The second-order valence-corrected chi connectivity index (χ2v) is 3.85. The predicted molar refractivity (Wildman–Crippen MR) is 54.9 cm³/mol. The minimum atomic E-state index is -4.81. The zero-order chi connectivity index (χ0) is 11.6. The van der Waals surface area contributed by atoms with Gasteiger partial charge in [-0.2, -0.15) is 0 Å². The fourth-order valence-corrected chi connectivity index (χ4v) is 1.56. The number of aromatic hydroxyl groups is 1. The van der Waals surface area contributed by atoms with Crippen LogP contribution in [0.1, 0.15) is 5.69 Å². The zero-order valence-corrected chi connectivity index (χ0v) is 9.89. The van der Waals surface area contributed by atoms with Crippen molar-refractivity contribution in [2.75, 3.05) is 0 Å². The molecule has 1 heterocycles. The molecular weight excluding hydrogens is 349 g/mol. The van der Waals surface area contributed by atoms with Gasteiger partial charge in [0.25, 0.3) is 0 Å². The van der Waals surface area contributed by atoms with Gasteiger partial charge in [0.15, 0.2) is 5.75 Å². The number of ether oxygens (including phenoxy) is 1. The van der Waals surface area contributed by atoms with Crippen LogP contribution >= 0.6 is 34.2 Å². The molecule has 3 nitrogen and oxygen atoms in total. The van der Waals surface area contributed by atoms with E-state index >= 15 is 0 Å². The van der Waals surface area contributed by atoms with Crippen molar-refractivity contribution >= 4 is 34.2 Å². The summed E-state index contributed by atoms with van der Waals surface area (Å²) in [5.41, 5.74) is -0.0529. The van der Waals surface area contributed by atoms with E-state index in [9.17, 15) is 18.3 Å². The minimum Gasteiger partial charge on any atom is -0.505 e. The normalized spacial score (nSPS) is 11.5. The molecule has 1 aromatic heterocycles. The summed E-state index contributed by atoms with van der Waals surface area (Å²) in [4.78, 5) is 3.41. The topological polar surface area (TPSA) is 42.4 Å². The van der Waals surface area contributed by atoms with Gasteiger partial charge in [0.05, 0.1) is 9.45 Å². The molecule has 0 spiro atoms. The van der Waals surface area contributed by atoms with Crippen molar-refractivity contribution in [1.29, 1.82) is 0 Å². The van der Waals surface area contributed by atoms with Gasteiger partial charge >= 0.3 is 6.36 Å². The van der Waals surface area contributed by atoms with Gasteiger partial charge in [-0.15, -0.1) is 24.8 Å². The summed E-state index contributed by atoms with van der Waals surface area (Å²) >= 11 is 7.04. The van der Waals surface area contributed by atoms with E-state index in [0.717, 1.165) is 6.07 Å². The largest absolute Gasteiger partial charge is 0.574 e. The molecule has 0 aliphatic heterocycles. The molecule has 0 fully saturated rings. The third-order valence-electron chi connectivity index (χ3n) is 1.34. The molecule has 0 aliphatic rings. The number of aromatic nitrogens is 1. The highest BCUT2D eigenvalue weighted by molar-refractivity contribution is 14.1. The number of hydrogen-bond donors (Lipinski definition) is 1. The van der Waals surface area contributed by atoms with Crippen molar-refractivity contribution in [1.82, 2.24) is 4.98 Å². The maximum Gasteiger partial charge on any atom is 0.574 e. The van der Waals surface area contributed by atoms with Gasteiger partial charge < -0.3 is 9.84 Å². The van der Waals surface area contributed by atoms with E-state index in [0.29, 0.717) is 0 Å². The second kappa shape index (κ2) is 4.60. The Kier molecular flexibility index (Phi) is 3.87. The molecule has 0 amide bonds. The van der Waals surface area contributed by atoms with Gasteiger partial charge in [0.2, 0.25) is 5.88 Å². The van der Waals surface area contributed by atoms with Crippen LogP contribution in [0.5, 0.6) is 11.6 Å². The average molecular weight is 353 g/mol. The van der Waals surface area contributed by atoms with Crippen LogP contribution in [0.2, 0.25) is 0 Å². The smallest absolute Gasteiger partial charge is 0.505 e. The average Bonchev–Trinajstić information content (AvgIpc) is 2.08. The van der Waals surface area contributed by atoms with E-state index in [1.165, 1.54) is 0 Å². The van der Waals surface area contributed by atoms with E-state index in [4.69, 9.17) is 11.6 Å². The second-order valence-electron chi connectivity index (χ2n) is 2.42. The number of hydrogen-bond acceptors (Lipinski definition) is 3. The highest BCUT2D eigenvalue weighted by atomic mass is 127. The Morgan fingerprint density at radius 3 is 2.60 bits per heavy atom. The molecule has 0 unspecified atom stereocenters. The molecule has 15 heavy (non-hydrogen) atoms. The molecule has 1 rings (SSSR count). The number of rotatable bonds is 2. The van der Waals surface area contributed by atoms with Gasteiger partial charge in [0.1, 0.15) is 5.69 Å². The first-order valence-electron chi connectivity index (χ1n) is 3.53. The molecule has 1 N–H and O–H groups in total. The predicted octanol–water partition coefficient (Wildman–Crippen LogP) is 3.03. The van der Waals surface area contributed by atoms with Gasteiger partial charge in [-0.3, -0.25) is 0 Å². The fourth-order valence-electron chi connectivity index (χ4n) is 0.797. The van der Waals surface area contributed by atoms with Crippen LogP contribution in [-0.2, 0) is 5.88 Å². The third kappa shape index (κ3) is 3.56. The Morgan fingerprint density at radius 2 is 2.13 bits per heavy atom. The summed E-state index contributed by atoms with van der Waals surface area (Å²) in [5.74, 6) is -1.07. The van der Waals surface area contributed by atoms with E-state index < -0.39 is 12.2 Å². The number of nitrogens with zero attached hydrogens (tertiary/aromatic N) is 1. The molecule has 0 bridgehead atoms. The van der Waals surface area contributed by atoms with Crippen molar-refractivity contribution in [2.45, 2.75) is 12.2 Å². The molecule has 1 aromatic rings. The third-order valence-corrected chi connectivity index (χ3v) is 2.42. The van der Waals surface area contributed by atoms with Crippen molar-refractivity contribution in [3.8, 4) is 11.6 Å². The van der Waals surface area contributed by atoms with Gasteiger partial charge in [-0.25, -0.2) is 4.98 Å². The fraction of sp³-hybridized carbons (Fsp3) is 0.286. The van der Waals surface area contributed by atoms with E-state index in [1.807, 2.05) is 0 Å². The molecular formula is C7H4ClF3INO2. The monoisotopic (exact) mass is 353 g/mol. The molecule has 0 radical (unpaired) electrons. The highest BCUT2D eigenvalue weighted by Crippen LogP contribution is 2.30. The molecule has 0 atom stereocenters. The first kappa shape index (κ1) is 12.6. The van der Waals surface area contributed by atoms with Crippen molar-refractivity contribution in [3.63, 3.8) is 0 Å². The highest BCUT2D eigenvalue weighted by Gasteiger charge is 2.32. The summed E-state index contributed by atoms with van der Waals surface area (Å²) < 4.78 is 39.3. The van der Waals surface area contributed by atoms with Crippen molar-refractivity contribution in [3.05, 3.63) is 15.3 Å². The molecule has 0 saturated carbocycles. The number of halogens is 5. The van der Waals surface area contributed by atoms with Gasteiger partial charge in [-0.1, -0.05) is 0 Å². The van der Waals surface area contributed by atoms with Crippen LogP contribution in [0.4, 0.5) is 13.2 Å². The zero-order valence-electron chi connectivity index (χ0n) is 6.98. The van der Waals surface area contributed by atoms with E-state index in [-0.39, 0.29) is 20.9 Å². The molecule has 8 heteroatoms. The summed E-state index contributed by atoms with van der Waals surface area (Å²) in [7, 11) is 0. The van der Waals surface area contributed by atoms with Crippen molar-refractivity contribution in [2.24, 2.45) is 0 Å². The minimum absolute atomic E-state index is 0.0529.